The molecular formula is C12H24N2O3S2. The maximum Gasteiger partial charge on any atom is 0.166 e. The van der Waals surface area contributed by atoms with Crippen molar-refractivity contribution in [2.45, 2.75) is 45.4 Å². The second-order valence-corrected chi connectivity index (χ2v) is 5.98. The number of unbranched alkanes of at least 4 members (excludes halogenated alkanes) is 3. The van der Waals surface area contributed by atoms with Crippen LogP contribution in [0.2, 0.25) is 0 Å². The molecule has 0 spiro atoms. The molecule has 0 rings (SSSR count). The van der Waals surface area contributed by atoms with E-state index < -0.39 is 10.7 Å². The summed E-state index contributed by atoms with van der Waals surface area (Å²) in [5.74, 6) is 0.495. The standard InChI is InChI=1S/C12H24N2O3S2/c1-11(15)7-3-5-9-14-12(18)13-8-4-2-6-10-19(16)17/h19H,2-10H2,1H3,(H2,13,14,18). The van der Waals surface area contributed by atoms with Crippen LogP contribution in [0.1, 0.15) is 45.4 Å². The molecule has 0 saturated carbocycles. The average Bonchev–Trinajstić information content (AvgIpc) is 2.32. The quantitative estimate of drug-likeness (QED) is 0.300. The topological polar surface area (TPSA) is 75.3 Å². The van der Waals surface area contributed by atoms with E-state index in [1.807, 2.05) is 0 Å². The van der Waals surface area contributed by atoms with Crippen molar-refractivity contribution in [2.24, 2.45) is 0 Å². The lowest BCUT2D eigenvalue weighted by atomic mass is 10.2. The van der Waals surface area contributed by atoms with E-state index in [1.54, 1.807) is 6.92 Å². The Hall–Kier alpha value is -0.690. The van der Waals surface area contributed by atoms with Gasteiger partial charge in [0, 0.05) is 25.3 Å². The van der Waals surface area contributed by atoms with Gasteiger partial charge in [0.2, 0.25) is 0 Å². The molecule has 0 aliphatic rings. The van der Waals surface area contributed by atoms with Crippen molar-refractivity contribution in [3.63, 3.8) is 0 Å². The van der Waals surface area contributed by atoms with Gasteiger partial charge in [0.05, 0.1) is 0 Å². The van der Waals surface area contributed by atoms with Gasteiger partial charge in [-0.15, -0.1) is 0 Å². The maximum absolute atomic E-state index is 10.7. The molecule has 0 aromatic carbocycles. The summed E-state index contributed by atoms with van der Waals surface area (Å²) in [6.45, 7) is 3.13. The summed E-state index contributed by atoms with van der Waals surface area (Å²) in [7, 11) is -2.23. The van der Waals surface area contributed by atoms with Gasteiger partial charge in [0.25, 0.3) is 0 Å². The molecule has 0 amide bonds. The summed E-state index contributed by atoms with van der Waals surface area (Å²) in [6.07, 6.45) is 4.96. The third kappa shape index (κ3) is 15.3. The van der Waals surface area contributed by atoms with Crippen LogP contribution in [0.5, 0.6) is 0 Å². The molecule has 0 aromatic rings. The highest BCUT2D eigenvalue weighted by Gasteiger charge is 1.97. The first kappa shape index (κ1) is 18.3. The van der Waals surface area contributed by atoms with Crippen LogP contribution in [-0.2, 0) is 15.5 Å². The fraction of sp³-hybridized carbons (Fsp3) is 0.833. The van der Waals surface area contributed by atoms with Crippen LogP contribution in [0.25, 0.3) is 0 Å². The summed E-state index contributed by atoms with van der Waals surface area (Å²) in [6, 6.07) is 0. The van der Waals surface area contributed by atoms with Crippen LogP contribution < -0.4 is 10.6 Å². The van der Waals surface area contributed by atoms with Gasteiger partial charge in [0.1, 0.15) is 16.5 Å². The summed E-state index contributed by atoms with van der Waals surface area (Å²) < 4.78 is 20.6. The summed E-state index contributed by atoms with van der Waals surface area (Å²) in [5, 5.41) is 6.77. The van der Waals surface area contributed by atoms with Gasteiger partial charge in [-0.3, -0.25) is 0 Å². The van der Waals surface area contributed by atoms with Crippen LogP contribution in [0.4, 0.5) is 0 Å². The Morgan fingerprint density at radius 3 is 2.11 bits per heavy atom. The first-order valence-corrected chi connectivity index (χ1v) is 8.42. The van der Waals surface area contributed by atoms with Gasteiger partial charge in [-0.25, -0.2) is 8.42 Å². The van der Waals surface area contributed by atoms with Crippen molar-refractivity contribution in [2.75, 3.05) is 18.8 Å². The van der Waals surface area contributed by atoms with Gasteiger partial charge in [-0.05, 0) is 44.8 Å². The normalized spacial score (nSPS) is 10.4. The minimum Gasteiger partial charge on any atom is -0.363 e. The fourth-order valence-corrected chi connectivity index (χ4v) is 2.19. The molecule has 0 fully saturated rings. The van der Waals surface area contributed by atoms with Crippen molar-refractivity contribution >= 4 is 33.8 Å². The zero-order chi connectivity index (χ0) is 14.5. The smallest absolute Gasteiger partial charge is 0.166 e. The largest absolute Gasteiger partial charge is 0.363 e. The molecule has 0 aliphatic carbocycles. The zero-order valence-corrected chi connectivity index (χ0v) is 13.2. The molecule has 0 aliphatic heterocycles. The number of carbonyl (C=O) groups is 1. The van der Waals surface area contributed by atoms with Crippen LogP contribution in [0.3, 0.4) is 0 Å². The highest BCUT2D eigenvalue weighted by Crippen LogP contribution is 1.95. The molecule has 0 saturated heterocycles. The Bertz CT molecular complexity index is 336. The van der Waals surface area contributed by atoms with Crippen molar-refractivity contribution in [1.29, 1.82) is 0 Å². The third-order valence-electron chi connectivity index (χ3n) is 2.54. The van der Waals surface area contributed by atoms with Crippen molar-refractivity contribution < 1.29 is 13.2 Å². The van der Waals surface area contributed by atoms with Gasteiger partial charge < -0.3 is 15.4 Å². The molecule has 7 heteroatoms. The molecule has 2 N–H and O–H groups in total. The van der Waals surface area contributed by atoms with Crippen molar-refractivity contribution in [1.82, 2.24) is 10.6 Å². The van der Waals surface area contributed by atoms with E-state index in [0.29, 0.717) is 18.0 Å². The SMILES string of the molecule is CC(=O)CCCCNC(=S)NCCCCC[SH](=O)=O. The number of carbonyl (C=O) groups excluding carboxylic acids is 1. The van der Waals surface area contributed by atoms with E-state index in [9.17, 15) is 13.2 Å². The van der Waals surface area contributed by atoms with Crippen LogP contribution in [0.15, 0.2) is 0 Å². The molecule has 0 heterocycles. The van der Waals surface area contributed by atoms with E-state index in [0.717, 1.165) is 38.8 Å². The van der Waals surface area contributed by atoms with Crippen molar-refractivity contribution in [3.8, 4) is 0 Å². The Morgan fingerprint density at radius 1 is 1.00 bits per heavy atom. The lowest BCUT2D eigenvalue weighted by molar-refractivity contribution is -0.117. The second-order valence-electron chi connectivity index (χ2n) is 4.46. The summed E-state index contributed by atoms with van der Waals surface area (Å²) in [4.78, 5) is 10.7. The summed E-state index contributed by atoms with van der Waals surface area (Å²) in [5.41, 5.74) is 0. The lowest BCUT2D eigenvalue weighted by Gasteiger charge is -2.09. The Morgan fingerprint density at radius 2 is 1.58 bits per heavy atom. The fourth-order valence-electron chi connectivity index (χ4n) is 1.51. The second kappa shape index (κ2) is 12.3. The molecular weight excluding hydrogens is 284 g/mol. The van der Waals surface area contributed by atoms with Crippen molar-refractivity contribution in [3.05, 3.63) is 0 Å². The highest BCUT2D eigenvalue weighted by molar-refractivity contribution is 7.80. The first-order chi connectivity index (χ1) is 9.02. The number of rotatable bonds is 11. The number of nitrogens with one attached hydrogen (secondary N) is 2. The number of hydrogen-bond donors (Lipinski definition) is 3. The molecule has 0 aromatic heterocycles. The van der Waals surface area contributed by atoms with E-state index in [4.69, 9.17) is 12.2 Å². The highest BCUT2D eigenvalue weighted by atomic mass is 32.2. The first-order valence-electron chi connectivity index (χ1n) is 6.65. The predicted molar refractivity (Wildman–Crippen MR) is 82.2 cm³/mol. The van der Waals surface area contributed by atoms with Crippen LogP contribution in [-0.4, -0.2) is 38.2 Å². The van der Waals surface area contributed by atoms with E-state index >= 15 is 0 Å². The molecule has 0 radical (unpaired) electrons. The Kier molecular flexibility index (Phi) is 11.9. The molecule has 0 unspecified atom stereocenters. The average molecular weight is 308 g/mol. The molecule has 0 bridgehead atoms. The van der Waals surface area contributed by atoms with Gasteiger partial charge in [-0.2, -0.15) is 0 Å². The molecule has 19 heavy (non-hydrogen) atoms. The zero-order valence-electron chi connectivity index (χ0n) is 11.4. The minimum atomic E-state index is -2.23. The number of ketones is 1. The maximum atomic E-state index is 10.7. The third-order valence-corrected chi connectivity index (χ3v) is 3.51. The lowest BCUT2D eigenvalue weighted by Crippen LogP contribution is -2.36. The minimum absolute atomic E-state index is 0.223. The molecule has 0 atom stereocenters. The summed E-state index contributed by atoms with van der Waals surface area (Å²) >= 11 is 5.09. The predicted octanol–water partition coefficient (Wildman–Crippen LogP) is 0.992. The molecule has 112 valence electrons. The Labute approximate surface area is 122 Å². The Balaban J connectivity index is 3.28. The van der Waals surface area contributed by atoms with Gasteiger partial charge in [-0.1, -0.05) is 6.42 Å². The van der Waals surface area contributed by atoms with Gasteiger partial charge >= 0.3 is 0 Å². The van der Waals surface area contributed by atoms with E-state index in [2.05, 4.69) is 10.6 Å². The number of hydrogen-bond acceptors (Lipinski definition) is 4. The monoisotopic (exact) mass is 308 g/mol. The van der Waals surface area contributed by atoms with E-state index in [1.165, 1.54) is 0 Å². The van der Waals surface area contributed by atoms with E-state index in [-0.39, 0.29) is 11.5 Å². The van der Waals surface area contributed by atoms with Crippen LogP contribution in [0, 0.1) is 0 Å². The van der Waals surface area contributed by atoms with Gasteiger partial charge in [0.15, 0.2) is 5.11 Å². The number of Topliss-reactive ketones (excluding diaryl/α,β-unsaturated/α-hetero) is 1. The van der Waals surface area contributed by atoms with Crippen LogP contribution >= 0.6 is 12.2 Å². The number of thiol groups is 1. The number of thiocarbonyl (C=S) groups is 1. The molecule has 5 nitrogen and oxygen atoms in total.